The molecule has 0 saturated carbocycles. The van der Waals surface area contributed by atoms with Crippen molar-refractivity contribution in [1.29, 1.82) is 0 Å². The maximum absolute atomic E-state index is 11.4. The number of fused-ring (bicyclic) bond motifs is 1. The Bertz CT molecular complexity index is 600. The van der Waals surface area contributed by atoms with E-state index in [0.29, 0.717) is 13.1 Å². The molecular formula is C16H19NO3. The van der Waals surface area contributed by atoms with E-state index in [1.165, 1.54) is 0 Å². The zero-order valence-corrected chi connectivity index (χ0v) is 11.6. The Hall–Kier alpha value is -1.81. The normalized spacial score (nSPS) is 24.1. The second-order valence-electron chi connectivity index (χ2n) is 5.93. The summed E-state index contributed by atoms with van der Waals surface area (Å²) in [7, 11) is 0. The molecule has 0 spiro atoms. The summed E-state index contributed by atoms with van der Waals surface area (Å²) in [5.41, 5.74) is 0.255. The number of piperidine rings is 1. The third-order valence-electron chi connectivity index (χ3n) is 4.15. The number of nitrogens with zero attached hydrogens (tertiary/aromatic N) is 1. The van der Waals surface area contributed by atoms with Gasteiger partial charge in [0.15, 0.2) is 0 Å². The van der Waals surface area contributed by atoms with Gasteiger partial charge in [-0.1, -0.05) is 18.2 Å². The second-order valence-corrected chi connectivity index (χ2v) is 5.93. The molecule has 0 amide bonds. The quantitative estimate of drug-likeness (QED) is 0.933. The van der Waals surface area contributed by atoms with Crippen LogP contribution in [0.15, 0.2) is 34.7 Å². The topological polar surface area (TPSA) is 53.7 Å². The molecule has 1 fully saturated rings. The van der Waals surface area contributed by atoms with Gasteiger partial charge in [-0.25, -0.2) is 0 Å². The van der Waals surface area contributed by atoms with E-state index in [2.05, 4.69) is 4.90 Å². The third-order valence-corrected chi connectivity index (χ3v) is 4.15. The van der Waals surface area contributed by atoms with Gasteiger partial charge in [-0.2, -0.15) is 0 Å². The Morgan fingerprint density at radius 1 is 1.45 bits per heavy atom. The molecule has 1 aromatic heterocycles. The molecule has 1 aliphatic rings. The van der Waals surface area contributed by atoms with Crippen molar-refractivity contribution in [3.63, 3.8) is 0 Å². The van der Waals surface area contributed by atoms with E-state index in [1.807, 2.05) is 37.3 Å². The van der Waals surface area contributed by atoms with Gasteiger partial charge in [0.25, 0.3) is 0 Å². The fourth-order valence-corrected chi connectivity index (χ4v) is 2.99. The summed E-state index contributed by atoms with van der Waals surface area (Å²) < 4.78 is 5.81. The van der Waals surface area contributed by atoms with Gasteiger partial charge in [-0.3, -0.25) is 9.69 Å². The summed E-state index contributed by atoms with van der Waals surface area (Å²) in [6.45, 7) is 4.02. The van der Waals surface area contributed by atoms with E-state index >= 15 is 0 Å². The first kappa shape index (κ1) is 13.2. The molecule has 1 atom stereocenters. The monoisotopic (exact) mass is 273 g/mol. The van der Waals surface area contributed by atoms with Crippen molar-refractivity contribution >= 4 is 16.9 Å². The lowest BCUT2D eigenvalue weighted by atomic mass is 9.82. The van der Waals surface area contributed by atoms with Crippen molar-refractivity contribution in [2.24, 2.45) is 5.41 Å². The van der Waals surface area contributed by atoms with Crippen molar-refractivity contribution in [2.75, 3.05) is 13.1 Å². The summed E-state index contributed by atoms with van der Waals surface area (Å²) in [6.07, 6.45) is 1.67. The van der Waals surface area contributed by atoms with Crippen molar-refractivity contribution in [3.8, 4) is 0 Å². The van der Waals surface area contributed by atoms with E-state index in [0.717, 1.165) is 36.1 Å². The largest absolute Gasteiger partial charge is 0.481 e. The molecule has 2 heterocycles. The van der Waals surface area contributed by atoms with E-state index in [1.54, 1.807) is 0 Å². The fraction of sp³-hybridized carbons (Fsp3) is 0.438. The second kappa shape index (κ2) is 4.94. The zero-order chi connectivity index (χ0) is 14.2. The SMILES string of the molecule is CC1(C(=O)O)CCCN(Cc2cc3ccccc3o2)C1. The van der Waals surface area contributed by atoms with Crippen LogP contribution in [0.2, 0.25) is 0 Å². The number of hydrogen-bond acceptors (Lipinski definition) is 3. The molecule has 1 N–H and O–H groups in total. The number of carboxylic acids is 1. The molecule has 4 nitrogen and oxygen atoms in total. The summed E-state index contributed by atoms with van der Waals surface area (Å²) in [6, 6.07) is 9.97. The van der Waals surface area contributed by atoms with E-state index in [9.17, 15) is 9.90 Å². The molecule has 2 aromatic rings. The molecule has 1 aromatic carbocycles. The number of para-hydroxylation sites is 1. The molecule has 1 unspecified atom stereocenters. The number of aliphatic carboxylic acids is 1. The molecule has 0 radical (unpaired) electrons. The van der Waals surface area contributed by atoms with Crippen LogP contribution in [0.1, 0.15) is 25.5 Å². The van der Waals surface area contributed by atoms with Gasteiger partial charge < -0.3 is 9.52 Å². The van der Waals surface area contributed by atoms with Crippen LogP contribution in [0.3, 0.4) is 0 Å². The Morgan fingerprint density at radius 3 is 3.00 bits per heavy atom. The van der Waals surface area contributed by atoms with Crippen LogP contribution in [0.5, 0.6) is 0 Å². The highest BCUT2D eigenvalue weighted by Gasteiger charge is 2.37. The van der Waals surface area contributed by atoms with Gasteiger partial charge in [0.05, 0.1) is 12.0 Å². The van der Waals surface area contributed by atoms with Crippen LogP contribution in [0.4, 0.5) is 0 Å². The summed E-state index contributed by atoms with van der Waals surface area (Å²) in [5, 5.41) is 10.4. The number of carboxylic acid groups (broad SMARTS) is 1. The molecule has 1 saturated heterocycles. The lowest BCUT2D eigenvalue weighted by Crippen LogP contribution is -2.45. The fourth-order valence-electron chi connectivity index (χ4n) is 2.99. The molecule has 1 aliphatic heterocycles. The van der Waals surface area contributed by atoms with Gasteiger partial charge in [0.1, 0.15) is 11.3 Å². The minimum atomic E-state index is -0.702. The minimum absolute atomic E-state index is 0.583. The molecule has 0 bridgehead atoms. The number of rotatable bonds is 3. The van der Waals surface area contributed by atoms with Crippen molar-refractivity contribution < 1.29 is 14.3 Å². The standard InChI is InChI=1S/C16H19NO3/c1-16(15(18)19)7-4-8-17(11-16)10-13-9-12-5-2-3-6-14(12)20-13/h2-3,5-6,9H,4,7-8,10-11H2,1H3,(H,18,19). The van der Waals surface area contributed by atoms with Crippen molar-refractivity contribution in [1.82, 2.24) is 4.90 Å². The van der Waals surface area contributed by atoms with E-state index in [4.69, 9.17) is 4.42 Å². The molecule has 3 rings (SSSR count). The van der Waals surface area contributed by atoms with Gasteiger partial charge in [-0.15, -0.1) is 0 Å². The maximum atomic E-state index is 11.4. The van der Waals surface area contributed by atoms with Gasteiger partial charge in [-0.05, 0) is 38.4 Å². The van der Waals surface area contributed by atoms with Crippen molar-refractivity contribution in [2.45, 2.75) is 26.3 Å². The molecule has 106 valence electrons. The summed E-state index contributed by atoms with van der Waals surface area (Å²) in [5.74, 6) is 0.202. The van der Waals surface area contributed by atoms with Gasteiger partial charge >= 0.3 is 5.97 Å². The Balaban J connectivity index is 1.75. The first-order chi connectivity index (χ1) is 9.57. The Kier molecular flexibility index (Phi) is 3.26. The molecule has 20 heavy (non-hydrogen) atoms. The number of hydrogen-bond donors (Lipinski definition) is 1. The number of carbonyl (C=O) groups is 1. The Morgan fingerprint density at radius 2 is 2.25 bits per heavy atom. The van der Waals surface area contributed by atoms with E-state index in [-0.39, 0.29) is 0 Å². The van der Waals surface area contributed by atoms with Crippen LogP contribution in [-0.2, 0) is 11.3 Å². The van der Waals surface area contributed by atoms with Crippen LogP contribution < -0.4 is 0 Å². The predicted molar refractivity (Wildman–Crippen MR) is 76.5 cm³/mol. The van der Waals surface area contributed by atoms with Crippen LogP contribution in [0.25, 0.3) is 11.0 Å². The van der Waals surface area contributed by atoms with Gasteiger partial charge in [0.2, 0.25) is 0 Å². The van der Waals surface area contributed by atoms with Crippen LogP contribution in [-0.4, -0.2) is 29.1 Å². The number of benzene rings is 1. The lowest BCUT2D eigenvalue weighted by Gasteiger charge is -2.37. The zero-order valence-electron chi connectivity index (χ0n) is 11.6. The smallest absolute Gasteiger partial charge is 0.310 e. The molecule has 0 aliphatic carbocycles. The molecule has 4 heteroatoms. The van der Waals surface area contributed by atoms with E-state index < -0.39 is 11.4 Å². The average molecular weight is 273 g/mol. The number of furan rings is 1. The predicted octanol–water partition coefficient (Wildman–Crippen LogP) is 3.12. The van der Waals surface area contributed by atoms with Gasteiger partial charge in [0, 0.05) is 11.9 Å². The minimum Gasteiger partial charge on any atom is -0.481 e. The van der Waals surface area contributed by atoms with Crippen LogP contribution in [0, 0.1) is 5.41 Å². The highest BCUT2D eigenvalue weighted by atomic mass is 16.4. The van der Waals surface area contributed by atoms with Crippen molar-refractivity contribution in [3.05, 3.63) is 36.1 Å². The number of likely N-dealkylation sites (tertiary alicyclic amines) is 1. The first-order valence-electron chi connectivity index (χ1n) is 7.00. The highest BCUT2D eigenvalue weighted by Crippen LogP contribution is 2.31. The summed E-state index contributed by atoms with van der Waals surface area (Å²) >= 11 is 0. The Labute approximate surface area is 118 Å². The lowest BCUT2D eigenvalue weighted by molar-refractivity contribution is -0.151. The first-order valence-corrected chi connectivity index (χ1v) is 7.00. The average Bonchev–Trinajstić information content (AvgIpc) is 2.80. The maximum Gasteiger partial charge on any atom is 0.310 e. The summed E-state index contributed by atoms with van der Waals surface area (Å²) in [4.78, 5) is 13.5. The highest BCUT2D eigenvalue weighted by molar-refractivity contribution is 5.77. The molecular weight excluding hydrogens is 254 g/mol. The van der Waals surface area contributed by atoms with Crippen LogP contribution >= 0.6 is 0 Å². The third kappa shape index (κ3) is 2.43.